The minimum atomic E-state index is -0.177. The molecule has 0 unspecified atom stereocenters. The van der Waals surface area contributed by atoms with Gasteiger partial charge in [0.15, 0.2) is 5.16 Å². The van der Waals surface area contributed by atoms with Gasteiger partial charge in [-0.3, -0.25) is 14.2 Å². The highest BCUT2D eigenvalue weighted by Crippen LogP contribution is 2.25. The van der Waals surface area contributed by atoms with Crippen LogP contribution in [0.4, 0.5) is 5.69 Å². The summed E-state index contributed by atoms with van der Waals surface area (Å²) in [6.07, 6.45) is 0. The molecule has 1 aliphatic heterocycles. The molecule has 0 bridgehead atoms. The van der Waals surface area contributed by atoms with E-state index in [1.165, 1.54) is 11.8 Å². The van der Waals surface area contributed by atoms with E-state index in [1.807, 2.05) is 25.3 Å². The number of amides is 2. The minimum absolute atomic E-state index is 0.0547. The Morgan fingerprint density at radius 1 is 1.06 bits per heavy atom. The highest BCUT2D eigenvalue weighted by Gasteiger charge is 2.19. The molecule has 0 saturated carbocycles. The molecule has 2 heterocycles. The zero-order valence-electron chi connectivity index (χ0n) is 19.0. The zero-order valence-corrected chi connectivity index (χ0v) is 19.8. The van der Waals surface area contributed by atoms with Gasteiger partial charge in [-0.15, -0.1) is 10.2 Å². The summed E-state index contributed by atoms with van der Waals surface area (Å²) >= 11 is 1.33. The van der Waals surface area contributed by atoms with Crippen molar-refractivity contribution in [3.63, 3.8) is 0 Å². The quantitative estimate of drug-likeness (QED) is 0.562. The summed E-state index contributed by atoms with van der Waals surface area (Å²) in [5.74, 6) is 0.705. The third kappa shape index (κ3) is 5.43. The molecule has 172 valence electrons. The van der Waals surface area contributed by atoms with Gasteiger partial charge in [0.2, 0.25) is 5.91 Å². The molecule has 0 radical (unpaired) electrons. The van der Waals surface area contributed by atoms with Crippen molar-refractivity contribution in [2.45, 2.75) is 25.9 Å². The molecule has 1 saturated heterocycles. The molecule has 0 aliphatic carbocycles. The van der Waals surface area contributed by atoms with Crippen molar-refractivity contribution in [3.05, 3.63) is 65.0 Å². The van der Waals surface area contributed by atoms with Crippen LogP contribution in [0.25, 0.3) is 5.69 Å². The zero-order chi connectivity index (χ0) is 23.4. The van der Waals surface area contributed by atoms with Crippen LogP contribution in [0.3, 0.4) is 0 Å². The number of benzene rings is 2. The summed E-state index contributed by atoms with van der Waals surface area (Å²) in [5.41, 5.74) is 4.40. The van der Waals surface area contributed by atoms with E-state index < -0.39 is 0 Å². The van der Waals surface area contributed by atoms with E-state index >= 15 is 0 Å². The number of aromatic nitrogens is 3. The smallest absolute Gasteiger partial charge is 0.254 e. The van der Waals surface area contributed by atoms with Gasteiger partial charge >= 0.3 is 0 Å². The number of ether oxygens (including phenoxy) is 1. The molecule has 0 spiro atoms. The van der Waals surface area contributed by atoms with Gasteiger partial charge in [-0.1, -0.05) is 30.0 Å². The predicted octanol–water partition coefficient (Wildman–Crippen LogP) is 3.40. The van der Waals surface area contributed by atoms with Crippen LogP contribution in [-0.4, -0.2) is 63.5 Å². The average Bonchev–Trinajstić information content (AvgIpc) is 3.19. The van der Waals surface area contributed by atoms with Crippen molar-refractivity contribution in [1.82, 2.24) is 19.7 Å². The van der Waals surface area contributed by atoms with Crippen molar-refractivity contribution < 1.29 is 14.3 Å². The van der Waals surface area contributed by atoms with Gasteiger partial charge in [-0.2, -0.15) is 0 Å². The maximum atomic E-state index is 12.7. The molecule has 33 heavy (non-hydrogen) atoms. The Hall–Kier alpha value is -3.17. The molecule has 0 atom stereocenters. The Kier molecular flexibility index (Phi) is 7.10. The van der Waals surface area contributed by atoms with Crippen molar-refractivity contribution in [1.29, 1.82) is 0 Å². The highest BCUT2D eigenvalue weighted by molar-refractivity contribution is 7.99. The number of carbonyl (C=O) groups is 2. The molecule has 1 aliphatic rings. The summed E-state index contributed by atoms with van der Waals surface area (Å²) in [6, 6.07) is 13.2. The van der Waals surface area contributed by atoms with Crippen molar-refractivity contribution in [2.75, 3.05) is 37.4 Å². The van der Waals surface area contributed by atoms with E-state index in [9.17, 15) is 9.59 Å². The Morgan fingerprint density at radius 3 is 2.64 bits per heavy atom. The maximum Gasteiger partial charge on any atom is 0.254 e. The fourth-order valence-corrected chi connectivity index (χ4v) is 4.47. The molecule has 2 amide bonds. The Balaban J connectivity index is 1.42. The number of nitrogens with one attached hydrogen (secondary N) is 1. The summed E-state index contributed by atoms with van der Waals surface area (Å²) < 4.78 is 7.29. The van der Waals surface area contributed by atoms with E-state index in [1.54, 1.807) is 29.2 Å². The van der Waals surface area contributed by atoms with Gasteiger partial charge in [0.05, 0.1) is 24.7 Å². The number of aryl methyl sites for hydroxylation is 3. The Bertz CT molecular complexity index is 1170. The number of hydrogen-bond acceptors (Lipinski definition) is 6. The first-order chi connectivity index (χ1) is 15.9. The molecular weight excluding hydrogens is 438 g/mol. The Morgan fingerprint density at radius 2 is 1.85 bits per heavy atom. The third-order valence-corrected chi connectivity index (χ3v) is 6.35. The van der Waals surface area contributed by atoms with Gasteiger partial charge in [0.1, 0.15) is 5.82 Å². The first-order valence-electron chi connectivity index (χ1n) is 10.8. The topological polar surface area (TPSA) is 89.3 Å². The van der Waals surface area contributed by atoms with Crippen LogP contribution in [0.5, 0.6) is 0 Å². The van der Waals surface area contributed by atoms with Gasteiger partial charge < -0.3 is 15.0 Å². The average molecular weight is 466 g/mol. The Labute approximate surface area is 197 Å². The largest absolute Gasteiger partial charge is 0.378 e. The van der Waals surface area contributed by atoms with Gasteiger partial charge in [0, 0.05) is 24.3 Å². The van der Waals surface area contributed by atoms with E-state index in [2.05, 4.69) is 33.7 Å². The lowest BCUT2D eigenvalue weighted by Gasteiger charge is -2.27. The molecule has 8 nitrogen and oxygen atoms in total. The fraction of sp³-hybridized carbons (Fsp3) is 0.333. The van der Waals surface area contributed by atoms with Crippen molar-refractivity contribution in [3.8, 4) is 5.69 Å². The SMILES string of the molecule is Cc1ccc(C)c(-n2c(C)nnc2SCC(=O)Nc2cccc(C(=O)N3CCOCC3)c2)c1. The molecule has 1 aromatic heterocycles. The lowest BCUT2D eigenvalue weighted by Crippen LogP contribution is -2.40. The number of morpholine rings is 1. The lowest BCUT2D eigenvalue weighted by atomic mass is 10.1. The lowest BCUT2D eigenvalue weighted by molar-refractivity contribution is -0.113. The van der Waals surface area contributed by atoms with Crippen LogP contribution in [0.2, 0.25) is 0 Å². The van der Waals surface area contributed by atoms with Crippen molar-refractivity contribution >= 4 is 29.3 Å². The van der Waals surface area contributed by atoms with Gasteiger partial charge in [-0.25, -0.2) is 0 Å². The number of hydrogen-bond donors (Lipinski definition) is 1. The predicted molar refractivity (Wildman–Crippen MR) is 128 cm³/mol. The van der Waals surface area contributed by atoms with Gasteiger partial charge in [0.25, 0.3) is 5.91 Å². The number of rotatable bonds is 6. The normalized spacial score (nSPS) is 13.7. The van der Waals surface area contributed by atoms with Crippen LogP contribution >= 0.6 is 11.8 Å². The molecule has 9 heteroatoms. The number of thioether (sulfide) groups is 1. The highest BCUT2D eigenvalue weighted by atomic mass is 32.2. The molecule has 3 aromatic rings. The number of nitrogens with zero attached hydrogens (tertiary/aromatic N) is 4. The van der Waals surface area contributed by atoms with Crippen LogP contribution in [-0.2, 0) is 9.53 Å². The van der Waals surface area contributed by atoms with E-state index in [0.717, 1.165) is 22.6 Å². The molecule has 4 rings (SSSR count). The standard InChI is InChI=1S/C24H27N5O3S/c1-16-7-8-17(2)21(13-16)29-18(3)26-27-24(29)33-15-22(30)25-20-6-4-5-19(14-20)23(31)28-9-11-32-12-10-28/h4-8,13-14H,9-12,15H2,1-3H3,(H,25,30). The molecule has 1 fully saturated rings. The van der Waals surface area contributed by atoms with E-state index in [0.29, 0.717) is 42.7 Å². The van der Waals surface area contributed by atoms with Gasteiger partial charge in [-0.05, 0) is 56.2 Å². The summed E-state index contributed by atoms with van der Waals surface area (Å²) in [6.45, 7) is 8.23. The summed E-state index contributed by atoms with van der Waals surface area (Å²) in [7, 11) is 0. The van der Waals surface area contributed by atoms with E-state index in [4.69, 9.17) is 4.74 Å². The number of carbonyl (C=O) groups excluding carboxylic acids is 2. The summed E-state index contributed by atoms with van der Waals surface area (Å²) in [4.78, 5) is 27.1. The fourth-order valence-electron chi connectivity index (χ4n) is 3.68. The van der Waals surface area contributed by atoms with Crippen LogP contribution < -0.4 is 5.32 Å². The monoisotopic (exact) mass is 465 g/mol. The maximum absolute atomic E-state index is 12.7. The molecule has 2 aromatic carbocycles. The minimum Gasteiger partial charge on any atom is -0.378 e. The number of anilines is 1. The second kappa shape index (κ2) is 10.2. The van der Waals surface area contributed by atoms with E-state index in [-0.39, 0.29) is 17.6 Å². The summed E-state index contributed by atoms with van der Waals surface area (Å²) in [5, 5.41) is 12.0. The van der Waals surface area contributed by atoms with Crippen LogP contribution in [0.15, 0.2) is 47.6 Å². The van der Waals surface area contributed by atoms with Crippen LogP contribution in [0.1, 0.15) is 27.3 Å². The first kappa shape index (κ1) is 23.0. The second-order valence-electron chi connectivity index (χ2n) is 7.98. The first-order valence-corrected chi connectivity index (χ1v) is 11.8. The third-order valence-electron chi connectivity index (χ3n) is 5.42. The second-order valence-corrected chi connectivity index (χ2v) is 8.92. The molecule has 1 N–H and O–H groups in total. The van der Waals surface area contributed by atoms with Crippen molar-refractivity contribution in [2.24, 2.45) is 0 Å². The van der Waals surface area contributed by atoms with Crippen LogP contribution in [0, 0.1) is 20.8 Å². The molecular formula is C24H27N5O3S.